The van der Waals surface area contributed by atoms with E-state index in [1.165, 1.54) is 17.3 Å². The Morgan fingerprint density at radius 2 is 1.48 bits per heavy atom. The molecule has 0 fully saturated rings. The molecule has 2 aromatic carbocycles. The average molecular weight is 304 g/mol. The molecule has 0 saturated heterocycles. The van der Waals surface area contributed by atoms with Gasteiger partial charge in [-0.3, -0.25) is 0 Å². The van der Waals surface area contributed by atoms with Gasteiger partial charge in [0.25, 0.3) is 0 Å². The third-order valence-corrected chi connectivity index (χ3v) is 3.26. The van der Waals surface area contributed by atoms with E-state index in [1.54, 1.807) is 6.21 Å². The van der Waals surface area contributed by atoms with Crippen LogP contribution in [0, 0.1) is 0 Å². The van der Waals surface area contributed by atoms with Crippen LogP contribution < -0.4 is 9.47 Å². The van der Waals surface area contributed by atoms with Crippen LogP contribution in [0.1, 0.15) is 5.56 Å². The van der Waals surface area contributed by atoms with Crippen LogP contribution in [0.4, 0.5) is 0 Å². The van der Waals surface area contributed by atoms with E-state index in [1.807, 2.05) is 54.6 Å². The molecule has 3 aromatic rings. The van der Waals surface area contributed by atoms with Gasteiger partial charge in [0.05, 0.1) is 6.21 Å². The molecule has 0 atom stereocenters. The molecule has 0 amide bonds. The molecule has 1 aliphatic heterocycles. The van der Waals surface area contributed by atoms with Gasteiger partial charge in [0.1, 0.15) is 12.7 Å². The quantitative estimate of drug-likeness (QED) is 0.698. The third kappa shape index (κ3) is 2.69. The minimum atomic E-state index is 0.517. The summed E-state index contributed by atoms with van der Waals surface area (Å²) in [4.78, 5) is 0. The van der Waals surface area contributed by atoms with Crippen LogP contribution in [-0.2, 0) is 0 Å². The molecule has 0 spiro atoms. The minimum Gasteiger partial charge on any atom is -0.449 e. The molecule has 0 bridgehead atoms. The monoisotopic (exact) mass is 304 g/mol. The lowest BCUT2D eigenvalue weighted by Gasteiger charge is -2.21. The molecule has 0 radical (unpaired) electrons. The number of para-hydroxylation sites is 2. The molecule has 1 aromatic heterocycles. The fraction of sp³-hybridized carbons (Fsp3) is 0. The molecule has 23 heavy (non-hydrogen) atoms. The zero-order valence-electron chi connectivity index (χ0n) is 12.0. The Labute approximate surface area is 132 Å². The topological polar surface area (TPSA) is 61.5 Å². The van der Waals surface area contributed by atoms with Crippen molar-refractivity contribution in [3.8, 4) is 11.5 Å². The van der Waals surface area contributed by atoms with Gasteiger partial charge in [0.2, 0.25) is 0 Å². The molecule has 0 N–H and O–H groups in total. The first-order chi connectivity index (χ1) is 11.4. The van der Waals surface area contributed by atoms with Crippen molar-refractivity contribution >= 4 is 12.0 Å². The van der Waals surface area contributed by atoms with Gasteiger partial charge in [-0.1, -0.05) is 42.5 Å². The summed E-state index contributed by atoms with van der Waals surface area (Å²) in [6.45, 7) is 0. The number of fused-ring (bicyclic) bond motifs is 1. The number of hydrogen-bond acceptors (Lipinski definition) is 5. The highest BCUT2D eigenvalue weighted by molar-refractivity contribution is 5.89. The summed E-state index contributed by atoms with van der Waals surface area (Å²) in [6, 6.07) is 17.3. The van der Waals surface area contributed by atoms with E-state index in [-0.39, 0.29) is 0 Å². The van der Waals surface area contributed by atoms with Crippen LogP contribution in [0.2, 0.25) is 0 Å². The molecular weight excluding hydrogens is 292 g/mol. The van der Waals surface area contributed by atoms with Gasteiger partial charge in [-0.05, 0) is 12.1 Å². The van der Waals surface area contributed by atoms with Crippen molar-refractivity contribution in [1.29, 1.82) is 0 Å². The molecule has 0 aliphatic carbocycles. The van der Waals surface area contributed by atoms with Gasteiger partial charge in [-0.25, -0.2) is 4.68 Å². The Hall–Kier alpha value is -3.41. The Morgan fingerprint density at radius 1 is 0.826 bits per heavy atom. The maximum Gasteiger partial charge on any atom is 0.190 e. The lowest BCUT2D eigenvalue weighted by molar-refractivity contribution is 0.367. The van der Waals surface area contributed by atoms with Crippen LogP contribution in [0.3, 0.4) is 0 Å². The van der Waals surface area contributed by atoms with Gasteiger partial charge < -0.3 is 9.47 Å². The van der Waals surface area contributed by atoms with E-state index < -0.39 is 0 Å². The summed E-state index contributed by atoms with van der Waals surface area (Å²) < 4.78 is 13.5. The molecule has 6 heteroatoms. The lowest BCUT2D eigenvalue weighted by atomic mass is 10.1. The Balaban J connectivity index is 1.77. The van der Waals surface area contributed by atoms with Crippen LogP contribution in [0.5, 0.6) is 11.5 Å². The summed E-state index contributed by atoms with van der Waals surface area (Å²) in [7, 11) is 0. The Kier molecular flexibility index (Phi) is 3.32. The van der Waals surface area contributed by atoms with E-state index in [4.69, 9.17) is 9.47 Å². The lowest BCUT2D eigenvalue weighted by Crippen LogP contribution is -2.12. The van der Waals surface area contributed by atoms with Gasteiger partial charge in [-0.15, -0.1) is 10.2 Å². The fourth-order valence-corrected chi connectivity index (χ4v) is 2.19. The number of allylic oxidation sites excluding steroid dienone is 1. The van der Waals surface area contributed by atoms with Crippen molar-refractivity contribution in [3.05, 3.63) is 78.6 Å². The van der Waals surface area contributed by atoms with Crippen molar-refractivity contribution in [2.75, 3.05) is 0 Å². The number of ether oxygens (including phenoxy) is 2. The number of nitrogens with zero attached hydrogens (tertiary/aromatic N) is 4. The second-order valence-electron chi connectivity index (χ2n) is 4.80. The maximum absolute atomic E-state index is 6.02. The number of aromatic nitrogens is 3. The van der Waals surface area contributed by atoms with E-state index in [0.717, 1.165) is 5.56 Å². The first kappa shape index (κ1) is 13.3. The highest BCUT2D eigenvalue weighted by Crippen LogP contribution is 2.37. The molecule has 112 valence electrons. The molecule has 2 heterocycles. The van der Waals surface area contributed by atoms with Crippen molar-refractivity contribution in [2.24, 2.45) is 5.10 Å². The van der Waals surface area contributed by atoms with Crippen molar-refractivity contribution < 1.29 is 9.47 Å². The number of hydrogen-bond donors (Lipinski definition) is 0. The summed E-state index contributed by atoms with van der Waals surface area (Å²) in [6.07, 6.45) is 4.58. The highest BCUT2D eigenvalue weighted by atomic mass is 16.6. The smallest absolute Gasteiger partial charge is 0.190 e. The van der Waals surface area contributed by atoms with Crippen molar-refractivity contribution in [2.45, 2.75) is 0 Å². The normalized spacial score (nSPS) is 13.6. The zero-order valence-corrected chi connectivity index (χ0v) is 12.0. The number of rotatable bonds is 3. The molecule has 0 unspecified atom stereocenters. The first-order valence-electron chi connectivity index (χ1n) is 7.03. The summed E-state index contributed by atoms with van der Waals surface area (Å²) in [5.74, 6) is 2.45. The third-order valence-electron chi connectivity index (χ3n) is 3.26. The second-order valence-corrected chi connectivity index (χ2v) is 4.80. The average Bonchev–Trinajstić information content (AvgIpc) is 3.13. The zero-order chi connectivity index (χ0) is 15.5. The van der Waals surface area contributed by atoms with Gasteiger partial charge >= 0.3 is 0 Å². The van der Waals surface area contributed by atoms with E-state index in [0.29, 0.717) is 23.0 Å². The van der Waals surface area contributed by atoms with Crippen LogP contribution >= 0.6 is 0 Å². The minimum absolute atomic E-state index is 0.517. The summed E-state index contributed by atoms with van der Waals surface area (Å²) >= 11 is 0. The highest BCUT2D eigenvalue weighted by Gasteiger charge is 2.21. The SMILES string of the molecule is C(=N\n1cnnc1)/C1=C(c2ccccc2)Oc2ccccc2O1. The fourth-order valence-electron chi connectivity index (χ4n) is 2.19. The molecule has 6 nitrogen and oxygen atoms in total. The molecule has 4 rings (SSSR count). The van der Waals surface area contributed by atoms with E-state index >= 15 is 0 Å². The van der Waals surface area contributed by atoms with Crippen LogP contribution in [-0.4, -0.2) is 21.1 Å². The van der Waals surface area contributed by atoms with E-state index in [9.17, 15) is 0 Å². The molecular formula is C17H12N4O2. The largest absolute Gasteiger partial charge is 0.449 e. The number of benzene rings is 2. The predicted molar refractivity (Wildman–Crippen MR) is 85.0 cm³/mol. The summed E-state index contributed by atoms with van der Waals surface area (Å²) in [5.41, 5.74) is 0.909. The molecule has 1 aliphatic rings. The van der Waals surface area contributed by atoms with E-state index in [2.05, 4.69) is 15.3 Å². The Morgan fingerprint density at radius 3 is 2.22 bits per heavy atom. The van der Waals surface area contributed by atoms with Crippen molar-refractivity contribution in [3.63, 3.8) is 0 Å². The Bertz CT molecular complexity index is 871. The van der Waals surface area contributed by atoms with Gasteiger partial charge in [-0.2, -0.15) is 5.10 Å². The van der Waals surface area contributed by atoms with Crippen LogP contribution in [0.15, 0.2) is 78.1 Å². The maximum atomic E-state index is 6.02. The van der Waals surface area contributed by atoms with Crippen molar-refractivity contribution in [1.82, 2.24) is 14.9 Å². The first-order valence-corrected chi connectivity index (χ1v) is 7.03. The van der Waals surface area contributed by atoms with Gasteiger partial charge in [0, 0.05) is 5.56 Å². The van der Waals surface area contributed by atoms with Gasteiger partial charge in [0.15, 0.2) is 23.0 Å². The standard InChI is InChI=1S/C17H12N4O2/c1-2-6-13(7-3-1)17-16(10-20-21-11-18-19-12-21)22-14-8-4-5-9-15(14)23-17/h1-12H/b20-10+. The molecule has 0 saturated carbocycles. The van der Waals surface area contributed by atoms with Crippen LogP contribution in [0.25, 0.3) is 5.76 Å². The predicted octanol–water partition coefficient (Wildman–Crippen LogP) is 2.95. The summed E-state index contributed by atoms with van der Waals surface area (Å²) in [5, 5.41) is 11.7. The second kappa shape index (κ2) is 5.76.